The standard InChI is InChI=1S/C15H15N9O/c1-8(11-21-15(25)23-22-11)18-13-10-7-17-24(2)14(10)20-12(19-13)9-3-5-16-6-4-9/h3-8H,1-2H3,(H,18,19,20)(H2,21,22,23,25)/t8-/m1/s1. The predicted octanol–water partition coefficient (Wildman–Crippen LogP) is 1.01. The van der Waals surface area contributed by atoms with Gasteiger partial charge in [0.05, 0.1) is 17.6 Å². The van der Waals surface area contributed by atoms with Crippen molar-refractivity contribution < 1.29 is 0 Å². The Bertz CT molecular complexity index is 1080. The minimum absolute atomic E-state index is 0.262. The van der Waals surface area contributed by atoms with Crippen LogP contribution in [0.25, 0.3) is 22.4 Å². The van der Waals surface area contributed by atoms with Crippen molar-refractivity contribution in [2.75, 3.05) is 5.32 Å². The van der Waals surface area contributed by atoms with Crippen LogP contribution in [0, 0.1) is 0 Å². The van der Waals surface area contributed by atoms with Gasteiger partial charge >= 0.3 is 5.69 Å². The van der Waals surface area contributed by atoms with Crippen LogP contribution in [0.15, 0.2) is 35.5 Å². The number of hydrogen-bond acceptors (Lipinski definition) is 7. The van der Waals surface area contributed by atoms with Gasteiger partial charge < -0.3 is 5.32 Å². The largest absolute Gasteiger partial charge is 0.360 e. The molecular formula is C15H15N9O. The summed E-state index contributed by atoms with van der Waals surface area (Å²) in [6.07, 6.45) is 5.08. The van der Waals surface area contributed by atoms with E-state index in [0.29, 0.717) is 23.1 Å². The second-order valence-corrected chi connectivity index (χ2v) is 5.57. The van der Waals surface area contributed by atoms with E-state index in [2.05, 4.69) is 40.5 Å². The second-order valence-electron chi connectivity index (χ2n) is 5.57. The van der Waals surface area contributed by atoms with Crippen molar-refractivity contribution in [3.63, 3.8) is 0 Å². The van der Waals surface area contributed by atoms with Crippen LogP contribution in [-0.2, 0) is 7.05 Å². The SMILES string of the molecule is C[C@@H](Nc1nc(-c2ccncc2)nc2c1cnn2C)c1n[nH]c(=O)[nH]1. The highest BCUT2D eigenvalue weighted by atomic mass is 16.1. The summed E-state index contributed by atoms with van der Waals surface area (Å²) in [6.45, 7) is 1.88. The van der Waals surface area contributed by atoms with Crippen molar-refractivity contribution in [3.8, 4) is 11.4 Å². The van der Waals surface area contributed by atoms with Gasteiger partial charge in [-0.25, -0.2) is 19.9 Å². The molecule has 0 radical (unpaired) electrons. The average molecular weight is 337 g/mol. The van der Waals surface area contributed by atoms with Crippen LogP contribution in [0.5, 0.6) is 0 Å². The molecule has 0 aromatic carbocycles. The van der Waals surface area contributed by atoms with Crippen LogP contribution in [0.1, 0.15) is 18.8 Å². The third kappa shape index (κ3) is 2.73. The van der Waals surface area contributed by atoms with Gasteiger partial charge in [0.25, 0.3) is 0 Å². The number of anilines is 1. The van der Waals surface area contributed by atoms with Crippen LogP contribution in [-0.4, -0.2) is 39.9 Å². The van der Waals surface area contributed by atoms with Crippen LogP contribution in [0.3, 0.4) is 0 Å². The Balaban J connectivity index is 1.80. The number of nitrogens with zero attached hydrogens (tertiary/aromatic N) is 6. The quantitative estimate of drug-likeness (QED) is 0.506. The van der Waals surface area contributed by atoms with E-state index in [-0.39, 0.29) is 11.7 Å². The van der Waals surface area contributed by atoms with E-state index in [9.17, 15) is 4.79 Å². The molecule has 0 saturated carbocycles. The van der Waals surface area contributed by atoms with Crippen molar-refractivity contribution in [1.29, 1.82) is 0 Å². The maximum atomic E-state index is 11.3. The lowest BCUT2D eigenvalue weighted by Gasteiger charge is -2.13. The van der Waals surface area contributed by atoms with E-state index in [4.69, 9.17) is 0 Å². The highest BCUT2D eigenvalue weighted by molar-refractivity contribution is 5.88. The summed E-state index contributed by atoms with van der Waals surface area (Å²) in [4.78, 5) is 27.1. The molecule has 4 heterocycles. The van der Waals surface area contributed by atoms with Crippen molar-refractivity contribution in [1.82, 2.24) is 39.9 Å². The minimum atomic E-state index is -0.352. The normalized spacial score (nSPS) is 12.4. The van der Waals surface area contributed by atoms with Gasteiger partial charge in [-0.15, -0.1) is 0 Å². The maximum absolute atomic E-state index is 11.3. The molecule has 0 spiro atoms. The summed E-state index contributed by atoms with van der Waals surface area (Å²) in [5, 5.41) is 14.6. The van der Waals surface area contributed by atoms with E-state index in [1.54, 1.807) is 23.3 Å². The highest BCUT2D eigenvalue weighted by Crippen LogP contribution is 2.26. The fourth-order valence-corrected chi connectivity index (χ4v) is 2.52. The fourth-order valence-electron chi connectivity index (χ4n) is 2.52. The zero-order valence-corrected chi connectivity index (χ0v) is 13.6. The van der Waals surface area contributed by atoms with Crippen molar-refractivity contribution in [2.45, 2.75) is 13.0 Å². The lowest BCUT2D eigenvalue weighted by molar-refractivity contribution is 0.783. The summed E-state index contributed by atoms with van der Waals surface area (Å²) in [6, 6.07) is 3.42. The number of aromatic nitrogens is 8. The molecule has 1 atom stereocenters. The highest BCUT2D eigenvalue weighted by Gasteiger charge is 2.16. The molecule has 4 aromatic heterocycles. The molecule has 0 unspecified atom stereocenters. The van der Waals surface area contributed by atoms with E-state index < -0.39 is 0 Å². The Hall–Kier alpha value is -3.56. The van der Waals surface area contributed by atoms with Gasteiger partial charge in [0.2, 0.25) is 0 Å². The van der Waals surface area contributed by atoms with E-state index in [0.717, 1.165) is 10.9 Å². The van der Waals surface area contributed by atoms with Crippen molar-refractivity contribution >= 4 is 16.9 Å². The van der Waals surface area contributed by atoms with E-state index >= 15 is 0 Å². The summed E-state index contributed by atoms with van der Waals surface area (Å²) in [5.74, 6) is 1.66. The Kier molecular flexibility index (Phi) is 3.49. The molecule has 0 aliphatic carbocycles. The molecule has 10 nitrogen and oxygen atoms in total. The average Bonchev–Trinajstić information content (AvgIpc) is 3.22. The minimum Gasteiger partial charge on any atom is -0.360 e. The van der Waals surface area contributed by atoms with Gasteiger partial charge in [0, 0.05) is 25.0 Å². The number of fused-ring (bicyclic) bond motifs is 1. The number of pyridine rings is 1. The molecule has 0 fully saturated rings. The molecule has 0 bridgehead atoms. The van der Waals surface area contributed by atoms with Gasteiger partial charge in [-0.3, -0.25) is 14.6 Å². The van der Waals surface area contributed by atoms with Gasteiger partial charge in [-0.1, -0.05) is 0 Å². The molecule has 0 amide bonds. The Morgan fingerprint density at radius 2 is 2.04 bits per heavy atom. The molecule has 3 N–H and O–H groups in total. The zero-order chi connectivity index (χ0) is 17.4. The number of rotatable bonds is 4. The number of nitrogens with one attached hydrogen (secondary N) is 3. The zero-order valence-electron chi connectivity index (χ0n) is 13.6. The first-order chi connectivity index (χ1) is 12.1. The van der Waals surface area contributed by atoms with Crippen LogP contribution >= 0.6 is 0 Å². The summed E-state index contributed by atoms with van der Waals surface area (Å²) in [7, 11) is 1.82. The van der Waals surface area contributed by atoms with Crippen LogP contribution < -0.4 is 11.0 Å². The summed E-state index contributed by atoms with van der Waals surface area (Å²) >= 11 is 0. The van der Waals surface area contributed by atoms with E-state index in [1.165, 1.54) is 0 Å². The molecule has 0 aliphatic heterocycles. The Morgan fingerprint density at radius 1 is 1.24 bits per heavy atom. The Morgan fingerprint density at radius 3 is 2.76 bits per heavy atom. The molecule has 0 aliphatic rings. The topological polar surface area (TPSA) is 130 Å². The molecule has 4 rings (SSSR count). The maximum Gasteiger partial charge on any atom is 0.340 e. The third-order valence-electron chi connectivity index (χ3n) is 3.81. The first-order valence-corrected chi connectivity index (χ1v) is 7.63. The molecular weight excluding hydrogens is 322 g/mol. The molecule has 0 saturated heterocycles. The van der Waals surface area contributed by atoms with Gasteiger partial charge in [0.15, 0.2) is 17.3 Å². The van der Waals surface area contributed by atoms with Crippen LogP contribution in [0.4, 0.5) is 5.82 Å². The summed E-state index contributed by atoms with van der Waals surface area (Å²) in [5.41, 5.74) is 1.20. The number of aromatic amines is 2. The summed E-state index contributed by atoms with van der Waals surface area (Å²) < 4.78 is 1.69. The molecule has 126 valence electrons. The predicted molar refractivity (Wildman–Crippen MR) is 90.8 cm³/mol. The van der Waals surface area contributed by atoms with Gasteiger partial charge in [-0.2, -0.15) is 10.2 Å². The van der Waals surface area contributed by atoms with Crippen molar-refractivity contribution in [2.24, 2.45) is 7.05 Å². The number of aryl methyl sites for hydroxylation is 1. The molecule has 25 heavy (non-hydrogen) atoms. The number of H-pyrrole nitrogens is 2. The fraction of sp³-hybridized carbons (Fsp3) is 0.200. The monoisotopic (exact) mass is 337 g/mol. The number of hydrogen-bond donors (Lipinski definition) is 3. The van der Waals surface area contributed by atoms with Gasteiger partial charge in [-0.05, 0) is 19.1 Å². The van der Waals surface area contributed by atoms with Crippen LogP contribution in [0.2, 0.25) is 0 Å². The molecule has 4 aromatic rings. The second kappa shape index (κ2) is 5.82. The Labute approximate surface area is 141 Å². The van der Waals surface area contributed by atoms with E-state index in [1.807, 2.05) is 26.1 Å². The first-order valence-electron chi connectivity index (χ1n) is 7.63. The van der Waals surface area contributed by atoms with Gasteiger partial charge in [0.1, 0.15) is 5.82 Å². The lowest BCUT2D eigenvalue weighted by atomic mass is 10.2. The van der Waals surface area contributed by atoms with Crippen molar-refractivity contribution in [3.05, 3.63) is 47.0 Å². The molecule has 10 heteroatoms. The lowest BCUT2D eigenvalue weighted by Crippen LogP contribution is -2.12. The first kappa shape index (κ1) is 15.0. The smallest absolute Gasteiger partial charge is 0.340 e. The third-order valence-corrected chi connectivity index (χ3v) is 3.81.